The second kappa shape index (κ2) is 9.57. The van der Waals surface area contributed by atoms with Crippen LogP contribution in [0.25, 0.3) is 22.2 Å². The molecule has 182 valence electrons. The van der Waals surface area contributed by atoms with Gasteiger partial charge in [-0.25, -0.2) is 17.8 Å². The summed E-state index contributed by atoms with van der Waals surface area (Å²) in [7, 11) is -3.79. The van der Waals surface area contributed by atoms with E-state index in [4.69, 9.17) is 27.9 Å². The molecule has 35 heavy (non-hydrogen) atoms. The number of nitrogens with zero attached hydrogens (tertiary/aromatic N) is 1. The monoisotopic (exact) mass is 530 g/mol. The zero-order valence-electron chi connectivity index (χ0n) is 19.4. The van der Waals surface area contributed by atoms with Crippen LogP contribution in [0.15, 0.2) is 72.8 Å². The molecule has 0 aliphatic heterocycles. The maximum absolute atomic E-state index is 13.1. The summed E-state index contributed by atoms with van der Waals surface area (Å²) in [5, 5.41) is 1.52. The molecule has 0 radical (unpaired) electrons. The van der Waals surface area contributed by atoms with Crippen molar-refractivity contribution < 1.29 is 17.9 Å². The molecule has 0 unspecified atom stereocenters. The number of anilines is 1. The standard InChI is InChI=1S/C26H24Cl2N2O4S/c1-26(2,3)34-25(31)30-23-10-5-4-8-18(23)15-24(30)19-11-12-21(28)22(14-19)29-35(32,33)16-17-7-6-9-20(27)13-17/h4-15,29H,16H2,1-3H3. The zero-order valence-corrected chi connectivity index (χ0v) is 21.7. The van der Waals surface area contributed by atoms with Crippen LogP contribution in [-0.4, -0.2) is 24.7 Å². The van der Waals surface area contributed by atoms with Crippen LogP contribution < -0.4 is 4.72 Å². The summed E-state index contributed by atoms with van der Waals surface area (Å²) in [4.78, 5) is 13.1. The Hall–Kier alpha value is -3.00. The molecule has 0 fully saturated rings. The SMILES string of the molecule is CC(C)(C)OC(=O)n1c(-c2ccc(Cl)c(NS(=O)(=O)Cc3cccc(Cl)c3)c2)cc2ccccc21. The second-order valence-corrected chi connectivity index (χ2v) is 11.7. The van der Waals surface area contributed by atoms with Crippen molar-refractivity contribution in [1.29, 1.82) is 0 Å². The van der Waals surface area contributed by atoms with Crippen LogP contribution in [0.4, 0.5) is 10.5 Å². The highest BCUT2D eigenvalue weighted by atomic mass is 35.5. The predicted octanol–water partition coefficient (Wildman–Crippen LogP) is 7.34. The molecule has 0 aliphatic carbocycles. The summed E-state index contributed by atoms with van der Waals surface area (Å²) >= 11 is 12.3. The van der Waals surface area contributed by atoms with Crippen molar-refractivity contribution in [3.05, 3.63) is 88.4 Å². The maximum atomic E-state index is 13.1. The molecule has 0 saturated heterocycles. The van der Waals surface area contributed by atoms with Crippen molar-refractivity contribution in [3.8, 4) is 11.3 Å². The molecule has 1 N–H and O–H groups in total. The van der Waals surface area contributed by atoms with Gasteiger partial charge in [-0.05, 0) is 62.7 Å². The lowest BCUT2D eigenvalue weighted by Gasteiger charge is -2.21. The van der Waals surface area contributed by atoms with Gasteiger partial charge in [-0.15, -0.1) is 0 Å². The van der Waals surface area contributed by atoms with E-state index in [1.165, 1.54) is 4.57 Å². The molecule has 0 atom stereocenters. The van der Waals surface area contributed by atoms with E-state index in [0.717, 1.165) is 5.39 Å². The molecular weight excluding hydrogens is 507 g/mol. The molecule has 6 nitrogen and oxygen atoms in total. The number of hydrogen-bond donors (Lipinski definition) is 1. The number of para-hydroxylation sites is 1. The van der Waals surface area contributed by atoms with E-state index in [0.29, 0.717) is 27.4 Å². The number of carbonyl (C=O) groups excluding carboxylic acids is 1. The number of ether oxygens (including phenoxy) is 1. The first-order valence-electron chi connectivity index (χ1n) is 10.8. The van der Waals surface area contributed by atoms with E-state index in [9.17, 15) is 13.2 Å². The minimum atomic E-state index is -3.79. The van der Waals surface area contributed by atoms with Crippen molar-refractivity contribution in [1.82, 2.24) is 4.57 Å². The van der Waals surface area contributed by atoms with Gasteiger partial charge in [0, 0.05) is 16.0 Å². The number of rotatable bonds is 5. The first-order chi connectivity index (χ1) is 16.4. The van der Waals surface area contributed by atoms with Crippen LogP contribution in [0, 0.1) is 0 Å². The molecule has 4 rings (SSSR count). The lowest BCUT2D eigenvalue weighted by molar-refractivity contribution is 0.0547. The number of sulfonamides is 1. The molecule has 0 aliphatic rings. The highest BCUT2D eigenvalue weighted by Crippen LogP contribution is 2.34. The van der Waals surface area contributed by atoms with Gasteiger partial charge in [-0.2, -0.15) is 0 Å². The van der Waals surface area contributed by atoms with Crippen LogP contribution in [0.5, 0.6) is 0 Å². The van der Waals surface area contributed by atoms with E-state index < -0.39 is 21.7 Å². The van der Waals surface area contributed by atoms with E-state index in [2.05, 4.69) is 4.72 Å². The molecule has 1 heterocycles. The summed E-state index contributed by atoms with van der Waals surface area (Å²) in [6.45, 7) is 5.39. The Morgan fingerprint density at radius 3 is 2.43 bits per heavy atom. The summed E-state index contributed by atoms with van der Waals surface area (Å²) in [6, 6.07) is 20.9. The van der Waals surface area contributed by atoms with Crippen molar-refractivity contribution in [3.63, 3.8) is 0 Å². The minimum Gasteiger partial charge on any atom is -0.443 e. The first-order valence-corrected chi connectivity index (χ1v) is 13.2. The number of hydrogen-bond acceptors (Lipinski definition) is 4. The molecule has 0 spiro atoms. The highest BCUT2D eigenvalue weighted by molar-refractivity contribution is 7.91. The fraction of sp³-hybridized carbons (Fsp3) is 0.192. The highest BCUT2D eigenvalue weighted by Gasteiger charge is 2.23. The van der Waals surface area contributed by atoms with Crippen molar-refractivity contribution in [2.75, 3.05) is 4.72 Å². The Kier molecular flexibility index (Phi) is 6.86. The molecule has 4 aromatic rings. The van der Waals surface area contributed by atoms with Crippen LogP contribution in [-0.2, 0) is 20.5 Å². The average Bonchev–Trinajstić information content (AvgIpc) is 3.13. The topological polar surface area (TPSA) is 77.4 Å². The number of carbonyl (C=O) groups is 1. The average molecular weight is 531 g/mol. The summed E-state index contributed by atoms with van der Waals surface area (Å²) in [6.07, 6.45) is -0.535. The number of benzene rings is 3. The van der Waals surface area contributed by atoms with E-state index >= 15 is 0 Å². The Morgan fingerprint density at radius 1 is 0.971 bits per heavy atom. The predicted molar refractivity (Wildman–Crippen MR) is 142 cm³/mol. The van der Waals surface area contributed by atoms with Gasteiger partial charge in [0.2, 0.25) is 10.0 Å². The Labute approximate surface area is 214 Å². The third kappa shape index (κ3) is 5.99. The Balaban J connectivity index is 1.74. The van der Waals surface area contributed by atoms with Gasteiger partial charge in [0.15, 0.2) is 0 Å². The van der Waals surface area contributed by atoms with Crippen molar-refractivity contribution in [2.24, 2.45) is 0 Å². The number of nitrogens with one attached hydrogen (secondary N) is 1. The fourth-order valence-corrected chi connectivity index (χ4v) is 5.31. The van der Waals surface area contributed by atoms with Gasteiger partial charge >= 0.3 is 6.09 Å². The molecule has 0 bridgehead atoms. The summed E-state index contributed by atoms with van der Waals surface area (Å²) < 4.78 is 35.4. The van der Waals surface area contributed by atoms with E-state index in [1.807, 2.05) is 30.3 Å². The fourth-order valence-electron chi connectivity index (χ4n) is 3.68. The van der Waals surface area contributed by atoms with Gasteiger partial charge in [0.1, 0.15) is 5.60 Å². The van der Waals surface area contributed by atoms with Gasteiger partial charge in [0.05, 0.1) is 27.7 Å². The number of halogens is 2. The Bertz CT molecular complexity index is 1520. The number of aromatic nitrogens is 1. The van der Waals surface area contributed by atoms with Gasteiger partial charge in [-0.1, -0.05) is 59.6 Å². The van der Waals surface area contributed by atoms with Crippen molar-refractivity contribution in [2.45, 2.75) is 32.1 Å². The van der Waals surface area contributed by atoms with E-state index in [-0.39, 0.29) is 16.5 Å². The largest absolute Gasteiger partial charge is 0.443 e. The zero-order chi connectivity index (χ0) is 25.4. The van der Waals surface area contributed by atoms with Crippen LogP contribution >= 0.6 is 23.2 Å². The first kappa shape index (κ1) is 25.1. The maximum Gasteiger partial charge on any atom is 0.419 e. The van der Waals surface area contributed by atoms with Gasteiger partial charge in [0.25, 0.3) is 0 Å². The molecule has 1 aromatic heterocycles. The van der Waals surface area contributed by atoms with Crippen LogP contribution in [0.2, 0.25) is 10.0 Å². The smallest absolute Gasteiger partial charge is 0.419 e. The number of fused-ring (bicyclic) bond motifs is 1. The molecule has 9 heteroatoms. The lowest BCUT2D eigenvalue weighted by Crippen LogP contribution is -2.27. The van der Waals surface area contributed by atoms with Crippen LogP contribution in [0.3, 0.4) is 0 Å². The molecular formula is C26H24Cl2N2O4S. The summed E-state index contributed by atoms with van der Waals surface area (Å²) in [5.74, 6) is -0.272. The summed E-state index contributed by atoms with van der Waals surface area (Å²) in [5.41, 5.74) is 1.87. The Morgan fingerprint density at radius 2 is 1.71 bits per heavy atom. The van der Waals surface area contributed by atoms with Crippen molar-refractivity contribution >= 4 is 55.9 Å². The van der Waals surface area contributed by atoms with Crippen LogP contribution in [0.1, 0.15) is 26.3 Å². The minimum absolute atomic E-state index is 0.201. The van der Waals surface area contributed by atoms with Gasteiger partial charge < -0.3 is 4.74 Å². The third-order valence-electron chi connectivity index (χ3n) is 5.06. The molecule has 0 amide bonds. The molecule has 0 saturated carbocycles. The van der Waals surface area contributed by atoms with E-state index in [1.54, 1.807) is 63.2 Å². The normalized spacial score (nSPS) is 12.0. The second-order valence-electron chi connectivity index (χ2n) is 9.09. The quantitative estimate of drug-likeness (QED) is 0.292. The third-order valence-corrected chi connectivity index (χ3v) is 6.87. The lowest BCUT2D eigenvalue weighted by atomic mass is 10.1. The van der Waals surface area contributed by atoms with Gasteiger partial charge in [-0.3, -0.25) is 4.72 Å². The molecule has 3 aromatic carbocycles.